The summed E-state index contributed by atoms with van der Waals surface area (Å²) < 4.78 is 17.9. The van der Waals surface area contributed by atoms with E-state index in [1.807, 2.05) is 55.5 Å². The second kappa shape index (κ2) is 7.64. The highest BCUT2D eigenvalue weighted by molar-refractivity contribution is 6.26. The molecule has 2 bridgehead atoms. The summed E-state index contributed by atoms with van der Waals surface area (Å²) in [6.45, 7) is 9.72. The molecule has 3 saturated heterocycles. The predicted octanol–water partition coefficient (Wildman–Crippen LogP) is 5.43. The normalized spacial score (nSPS) is 28.3. The van der Waals surface area contributed by atoms with Crippen LogP contribution in [0, 0.1) is 18.4 Å². The molecule has 0 radical (unpaired) electrons. The van der Waals surface area contributed by atoms with Crippen LogP contribution in [0.15, 0.2) is 65.2 Å². The van der Waals surface area contributed by atoms with E-state index >= 15 is 0 Å². The van der Waals surface area contributed by atoms with Gasteiger partial charge in [-0.15, -0.1) is 0 Å². The highest BCUT2D eigenvalue weighted by Crippen LogP contribution is 2.62. The van der Waals surface area contributed by atoms with Crippen LogP contribution in [-0.4, -0.2) is 34.8 Å². The molecule has 8 heteroatoms. The van der Waals surface area contributed by atoms with E-state index in [-0.39, 0.29) is 18.4 Å². The molecule has 184 valence electrons. The first-order chi connectivity index (χ1) is 18.0. The maximum Gasteiger partial charge on any atom is 0.262 e. The molecule has 3 aliphatic rings. The van der Waals surface area contributed by atoms with Crippen LogP contribution in [0.2, 0.25) is 0 Å². The van der Waals surface area contributed by atoms with Crippen molar-refractivity contribution < 1.29 is 23.6 Å². The Morgan fingerprint density at radius 1 is 1.00 bits per heavy atom. The number of amides is 2. The average molecular weight is 494 g/mol. The first-order valence-corrected chi connectivity index (χ1v) is 12.4. The summed E-state index contributed by atoms with van der Waals surface area (Å²) in [7, 11) is 0. The Balaban J connectivity index is 1.21. The molecule has 0 spiro atoms. The number of carbonyl (C=O) groups is 2. The van der Waals surface area contributed by atoms with Crippen LogP contribution in [0.3, 0.4) is 0 Å². The van der Waals surface area contributed by atoms with Gasteiger partial charge in [0, 0.05) is 6.42 Å². The van der Waals surface area contributed by atoms with Crippen LogP contribution in [0.1, 0.15) is 26.2 Å². The number of hydrogen-bond acceptors (Lipinski definition) is 6. The van der Waals surface area contributed by atoms with Crippen molar-refractivity contribution in [2.24, 2.45) is 11.8 Å². The van der Waals surface area contributed by atoms with Gasteiger partial charge in [-0.05, 0) is 53.9 Å². The SMILES string of the molecule is [C-]#[N+]c1ccc(N2C(=O)[C@@H]3[C@H](C2=O)C2(C)CCC3(CCOc3noc4ccccc34)O2)c2ccccc12. The number of carbonyl (C=O) groups excluding carboxylic acids is 2. The second-order valence-corrected chi connectivity index (χ2v) is 10.3. The van der Waals surface area contributed by atoms with Crippen molar-refractivity contribution in [1.29, 1.82) is 0 Å². The molecule has 4 atom stereocenters. The molecule has 0 saturated carbocycles. The monoisotopic (exact) mass is 493 g/mol. The zero-order valence-electron chi connectivity index (χ0n) is 20.1. The fraction of sp³-hybridized carbons (Fsp3) is 0.310. The Bertz CT molecular complexity index is 1650. The molecule has 3 fully saturated rings. The van der Waals surface area contributed by atoms with E-state index in [9.17, 15) is 9.59 Å². The summed E-state index contributed by atoms with van der Waals surface area (Å²) in [6, 6.07) is 18.3. The fourth-order valence-electron chi connectivity index (χ4n) is 6.69. The summed E-state index contributed by atoms with van der Waals surface area (Å²) in [5.74, 6) is -1.21. The van der Waals surface area contributed by atoms with Gasteiger partial charge < -0.3 is 14.0 Å². The van der Waals surface area contributed by atoms with E-state index in [4.69, 9.17) is 20.6 Å². The first-order valence-electron chi connectivity index (χ1n) is 12.4. The molecule has 4 heterocycles. The minimum absolute atomic E-state index is 0.233. The van der Waals surface area contributed by atoms with E-state index < -0.39 is 23.0 Å². The fourth-order valence-corrected chi connectivity index (χ4v) is 6.69. The van der Waals surface area contributed by atoms with Crippen molar-refractivity contribution in [3.8, 4) is 5.88 Å². The number of nitrogens with zero attached hydrogens (tertiary/aromatic N) is 3. The third kappa shape index (κ3) is 2.95. The number of para-hydroxylation sites is 1. The standard InChI is InChI=1S/C29H23N3O5/c1-28-13-14-29(37-28,15-16-35-25-19-9-5-6-10-22(19)36-31-25)24-23(28)26(33)32(27(24)34)21-12-11-20(30-2)17-7-3-4-8-18(17)21/h3-12,23-24H,13-16H2,1H3/t23-,24+,28?,29?/m1/s1. The van der Waals surface area contributed by atoms with Crippen LogP contribution in [0.25, 0.3) is 26.6 Å². The number of anilines is 1. The lowest BCUT2D eigenvalue weighted by atomic mass is 9.67. The van der Waals surface area contributed by atoms with Crippen LogP contribution in [0.4, 0.5) is 11.4 Å². The summed E-state index contributed by atoms with van der Waals surface area (Å²) in [4.78, 5) is 32.8. The van der Waals surface area contributed by atoms with Crippen LogP contribution < -0.4 is 9.64 Å². The van der Waals surface area contributed by atoms with Crippen molar-refractivity contribution >= 4 is 44.9 Å². The quantitative estimate of drug-likeness (QED) is 0.272. The Hall–Kier alpha value is -4.22. The molecule has 4 aromatic rings. The third-order valence-electron chi connectivity index (χ3n) is 8.36. The van der Waals surface area contributed by atoms with Crippen LogP contribution >= 0.6 is 0 Å². The third-order valence-corrected chi connectivity index (χ3v) is 8.36. The second-order valence-electron chi connectivity index (χ2n) is 10.3. The van der Waals surface area contributed by atoms with E-state index in [0.29, 0.717) is 47.5 Å². The lowest BCUT2D eigenvalue weighted by molar-refractivity contribution is -0.131. The van der Waals surface area contributed by atoms with E-state index in [1.165, 1.54) is 4.90 Å². The maximum atomic E-state index is 14.0. The van der Waals surface area contributed by atoms with Gasteiger partial charge in [-0.1, -0.05) is 42.5 Å². The Morgan fingerprint density at radius 2 is 1.73 bits per heavy atom. The molecule has 3 aromatic carbocycles. The maximum absolute atomic E-state index is 14.0. The molecule has 3 aliphatic heterocycles. The lowest BCUT2D eigenvalue weighted by Crippen LogP contribution is -2.43. The Kier molecular flexibility index (Phi) is 4.55. The van der Waals surface area contributed by atoms with Crippen molar-refractivity contribution in [2.45, 2.75) is 37.4 Å². The van der Waals surface area contributed by atoms with E-state index in [1.54, 1.807) is 12.1 Å². The molecule has 7 rings (SSSR count). The largest absolute Gasteiger partial charge is 0.475 e. The van der Waals surface area contributed by atoms with Crippen LogP contribution in [0.5, 0.6) is 5.88 Å². The van der Waals surface area contributed by atoms with Gasteiger partial charge in [0.05, 0.1) is 47.3 Å². The smallest absolute Gasteiger partial charge is 0.262 e. The van der Waals surface area contributed by atoms with Crippen LogP contribution in [-0.2, 0) is 14.3 Å². The van der Waals surface area contributed by atoms with Gasteiger partial charge in [-0.25, -0.2) is 9.74 Å². The van der Waals surface area contributed by atoms with Crippen molar-refractivity contribution in [3.05, 3.63) is 72.1 Å². The van der Waals surface area contributed by atoms with Gasteiger partial charge >= 0.3 is 0 Å². The number of benzene rings is 3. The van der Waals surface area contributed by atoms with Gasteiger partial charge in [-0.3, -0.25) is 9.59 Å². The highest BCUT2D eigenvalue weighted by atomic mass is 16.6. The number of aromatic nitrogens is 1. The van der Waals surface area contributed by atoms with Crippen molar-refractivity contribution in [2.75, 3.05) is 11.5 Å². The zero-order chi connectivity index (χ0) is 25.4. The van der Waals surface area contributed by atoms with Gasteiger partial charge in [0.2, 0.25) is 11.8 Å². The topological polar surface area (TPSA) is 86.2 Å². The Morgan fingerprint density at radius 3 is 2.54 bits per heavy atom. The Labute approximate surface area is 212 Å². The molecule has 0 aliphatic carbocycles. The molecule has 8 nitrogen and oxygen atoms in total. The van der Waals surface area contributed by atoms with Gasteiger partial charge in [0.15, 0.2) is 11.3 Å². The minimum atomic E-state index is -0.785. The van der Waals surface area contributed by atoms with E-state index in [2.05, 4.69) is 10.0 Å². The summed E-state index contributed by atoms with van der Waals surface area (Å²) in [5.41, 5.74) is 0.162. The van der Waals surface area contributed by atoms with E-state index in [0.717, 1.165) is 10.8 Å². The molecular formula is C29H23N3O5. The molecule has 2 unspecified atom stereocenters. The predicted molar refractivity (Wildman–Crippen MR) is 135 cm³/mol. The molecule has 1 aromatic heterocycles. The first kappa shape index (κ1) is 22.0. The number of imide groups is 1. The molecule has 0 N–H and O–H groups in total. The highest BCUT2D eigenvalue weighted by Gasteiger charge is 2.73. The number of fused-ring (bicyclic) bond motifs is 7. The van der Waals surface area contributed by atoms with Gasteiger partial charge in [-0.2, -0.15) is 0 Å². The summed E-state index contributed by atoms with van der Waals surface area (Å²) in [6.07, 6.45) is 1.83. The number of ether oxygens (including phenoxy) is 2. The van der Waals surface area contributed by atoms with Gasteiger partial charge in [0.1, 0.15) is 0 Å². The molecule has 2 amide bonds. The average Bonchev–Trinajstić information content (AvgIpc) is 3.62. The minimum Gasteiger partial charge on any atom is -0.475 e. The zero-order valence-corrected chi connectivity index (χ0v) is 20.1. The molecule has 37 heavy (non-hydrogen) atoms. The summed E-state index contributed by atoms with van der Waals surface area (Å²) >= 11 is 0. The lowest BCUT2D eigenvalue weighted by Gasteiger charge is -2.31. The number of rotatable bonds is 5. The van der Waals surface area contributed by atoms with Gasteiger partial charge in [0.25, 0.3) is 5.88 Å². The van der Waals surface area contributed by atoms with Crippen molar-refractivity contribution in [1.82, 2.24) is 5.16 Å². The van der Waals surface area contributed by atoms with Crippen molar-refractivity contribution in [3.63, 3.8) is 0 Å². The number of hydrogen-bond donors (Lipinski definition) is 0. The summed E-state index contributed by atoms with van der Waals surface area (Å²) in [5, 5.41) is 6.26. The molecular weight excluding hydrogens is 470 g/mol.